The molecule has 0 saturated carbocycles. The van der Waals surface area contributed by atoms with Gasteiger partial charge in [-0.3, -0.25) is 14.9 Å². The fourth-order valence-corrected chi connectivity index (χ4v) is 2.45. The Hall–Kier alpha value is -3.15. The van der Waals surface area contributed by atoms with Crippen LogP contribution in [0.1, 0.15) is 22.8 Å². The molecular weight excluding hydrogens is 313 g/mol. The topological polar surface area (TPSA) is 75.6 Å². The maximum atomic E-state index is 13.4. The maximum Gasteiger partial charge on any atom is 0.258 e. The summed E-state index contributed by atoms with van der Waals surface area (Å²) in [6.45, 7) is 1.40. The lowest BCUT2D eigenvalue weighted by Gasteiger charge is -2.23. The second-order valence-electron chi connectivity index (χ2n) is 5.47. The number of ether oxygens (including phenoxy) is 1. The molecular formula is C18H14FNO4. The highest BCUT2D eigenvalue weighted by molar-refractivity contribution is 6.04. The molecule has 1 heterocycles. The van der Waals surface area contributed by atoms with E-state index in [0.29, 0.717) is 5.56 Å². The first-order valence-electron chi connectivity index (χ1n) is 7.21. The monoisotopic (exact) mass is 327 g/mol. The molecule has 6 heteroatoms. The van der Waals surface area contributed by atoms with E-state index in [-0.39, 0.29) is 11.4 Å². The molecule has 3 rings (SSSR count). The molecule has 0 saturated heterocycles. The summed E-state index contributed by atoms with van der Waals surface area (Å²) in [5.41, 5.74) is -1.03. The zero-order chi connectivity index (χ0) is 17.3. The minimum Gasteiger partial charge on any atom is -0.501 e. The van der Waals surface area contributed by atoms with Crippen molar-refractivity contribution < 1.29 is 23.8 Å². The molecule has 1 amide bonds. The van der Waals surface area contributed by atoms with Crippen LogP contribution < -0.4 is 5.32 Å². The number of amides is 1. The molecule has 1 unspecified atom stereocenters. The average molecular weight is 327 g/mol. The molecule has 24 heavy (non-hydrogen) atoms. The van der Waals surface area contributed by atoms with Crippen LogP contribution in [-0.4, -0.2) is 16.8 Å². The van der Waals surface area contributed by atoms with Crippen LogP contribution in [0.2, 0.25) is 0 Å². The minimum absolute atomic E-state index is 0.239. The highest BCUT2D eigenvalue weighted by Gasteiger charge is 2.48. The van der Waals surface area contributed by atoms with Crippen molar-refractivity contribution in [2.24, 2.45) is 0 Å². The fraction of sp³-hybridized carbons (Fsp3) is 0.111. The van der Waals surface area contributed by atoms with Crippen molar-refractivity contribution in [2.45, 2.75) is 12.5 Å². The first kappa shape index (κ1) is 15.7. The van der Waals surface area contributed by atoms with Gasteiger partial charge in [-0.05, 0) is 31.2 Å². The third-order valence-corrected chi connectivity index (χ3v) is 3.81. The van der Waals surface area contributed by atoms with Crippen LogP contribution in [0.25, 0.3) is 0 Å². The largest absolute Gasteiger partial charge is 0.501 e. The number of nitrogens with one attached hydrogen (secondary N) is 1. The van der Waals surface area contributed by atoms with Gasteiger partial charge in [-0.25, -0.2) is 4.39 Å². The number of rotatable bonds is 3. The number of benzene rings is 2. The smallest absolute Gasteiger partial charge is 0.258 e. The van der Waals surface area contributed by atoms with Gasteiger partial charge < -0.3 is 9.84 Å². The van der Waals surface area contributed by atoms with Crippen LogP contribution in [-0.2, 0) is 15.1 Å². The Labute approximate surface area is 137 Å². The number of Topliss-reactive ketones (excluding diaryl/α,β-unsaturated/α-hetero) is 1. The van der Waals surface area contributed by atoms with Gasteiger partial charge in [0.1, 0.15) is 5.82 Å². The van der Waals surface area contributed by atoms with Crippen molar-refractivity contribution in [3.05, 3.63) is 83.2 Å². The summed E-state index contributed by atoms with van der Waals surface area (Å²) in [5, 5.41) is 12.4. The summed E-state index contributed by atoms with van der Waals surface area (Å²) < 4.78 is 18.9. The van der Waals surface area contributed by atoms with E-state index < -0.39 is 28.9 Å². The number of halogens is 1. The molecule has 5 nitrogen and oxygen atoms in total. The van der Waals surface area contributed by atoms with Gasteiger partial charge in [0.15, 0.2) is 5.60 Å². The van der Waals surface area contributed by atoms with Gasteiger partial charge in [0, 0.05) is 11.1 Å². The van der Waals surface area contributed by atoms with Crippen molar-refractivity contribution in [3.63, 3.8) is 0 Å². The second-order valence-corrected chi connectivity index (χ2v) is 5.47. The van der Waals surface area contributed by atoms with Crippen molar-refractivity contribution in [1.29, 1.82) is 0 Å². The Morgan fingerprint density at radius 1 is 1.17 bits per heavy atom. The van der Waals surface area contributed by atoms with Gasteiger partial charge >= 0.3 is 0 Å². The zero-order valence-corrected chi connectivity index (χ0v) is 12.7. The lowest BCUT2D eigenvalue weighted by atomic mass is 9.91. The van der Waals surface area contributed by atoms with Crippen LogP contribution in [0.5, 0.6) is 0 Å². The highest BCUT2D eigenvalue weighted by atomic mass is 19.1. The SMILES string of the molecule is CC1(c2cccc(F)c2)OC(NC(=O)c2ccccc2)=C(O)C1=O. The number of aliphatic hydroxyl groups excluding tert-OH is 1. The predicted molar refractivity (Wildman–Crippen MR) is 83.4 cm³/mol. The number of carbonyl (C=O) groups is 2. The van der Waals surface area contributed by atoms with Gasteiger partial charge in [-0.1, -0.05) is 30.3 Å². The van der Waals surface area contributed by atoms with E-state index in [9.17, 15) is 19.1 Å². The quantitative estimate of drug-likeness (QED) is 0.909. The first-order chi connectivity index (χ1) is 11.4. The normalized spacial score (nSPS) is 20.0. The summed E-state index contributed by atoms with van der Waals surface area (Å²) in [7, 11) is 0. The number of hydrogen-bond acceptors (Lipinski definition) is 4. The minimum atomic E-state index is -1.61. The van der Waals surface area contributed by atoms with Crippen LogP contribution in [0.15, 0.2) is 66.2 Å². The van der Waals surface area contributed by atoms with Gasteiger partial charge in [0.25, 0.3) is 11.7 Å². The summed E-state index contributed by atoms with van der Waals surface area (Å²) in [6.07, 6.45) is 0. The van der Waals surface area contributed by atoms with Gasteiger partial charge in [-0.2, -0.15) is 0 Å². The molecule has 1 atom stereocenters. The van der Waals surface area contributed by atoms with E-state index in [2.05, 4.69) is 5.32 Å². The van der Waals surface area contributed by atoms with E-state index in [1.165, 1.54) is 25.1 Å². The Balaban J connectivity index is 1.86. The van der Waals surface area contributed by atoms with Crippen molar-refractivity contribution in [2.75, 3.05) is 0 Å². The van der Waals surface area contributed by atoms with Crippen LogP contribution >= 0.6 is 0 Å². The van der Waals surface area contributed by atoms with E-state index >= 15 is 0 Å². The highest BCUT2D eigenvalue weighted by Crippen LogP contribution is 2.37. The second kappa shape index (κ2) is 5.81. The molecule has 0 spiro atoms. The van der Waals surface area contributed by atoms with Gasteiger partial charge in [-0.15, -0.1) is 0 Å². The zero-order valence-electron chi connectivity index (χ0n) is 12.7. The summed E-state index contributed by atoms with van der Waals surface area (Å²) in [6, 6.07) is 13.6. The molecule has 0 fully saturated rings. The molecule has 1 aliphatic rings. The van der Waals surface area contributed by atoms with Crippen molar-refractivity contribution >= 4 is 11.7 Å². The lowest BCUT2D eigenvalue weighted by Crippen LogP contribution is -2.32. The number of hydrogen-bond donors (Lipinski definition) is 2. The van der Waals surface area contributed by atoms with Gasteiger partial charge in [0.05, 0.1) is 0 Å². The standard InChI is InChI=1S/C18H14FNO4/c1-18(12-8-5-9-13(19)10-12)15(22)14(21)17(24-18)20-16(23)11-6-3-2-4-7-11/h2-10,21H,1H3,(H,20,23). The summed E-state index contributed by atoms with van der Waals surface area (Å²) in [4.78, 5) is 24.5. The van der Waals surface area contributed by atoms with Crippen molar-refractivity contribution in [3.8, 4) is 0 Å². The molecule has 0 bridgehead atoms. The number of aliphatic hydroxyl groups is 1. The molecule has 1 aliphatic heterocycles. The van der Waals surface area contributed by atoms with Gasteiger partial charge in [0.2, 0.25) is 11.6 Å². The molecule has 0 radical (unpaired) electrons. The molecule has 0 aliphatic carbocycles. The molecule has 2 aromatic rings. The third kappa shape index (κ3) is 2.62. The fourth-order valence-electron chi connectivity index (χ4n) is 2.45. The number of ketones is 1. The average Bonchev–Trinajstić information content (AvgIpc) is 2.81. The Bertz CT molecular complexity index is 847. The Morgan fingerprint density at radius 2 is 1.88 bits per heavy atom. The molecule has 2 aromatic carbocycles. The van der Waals surface area contributed by atoms with Crippen molar-refractivity contribution in [1.82, 2.24) is 5.32 Å². The van der Waals surface area contributed by atoms with E-state index in [1.807, 2.05) is 0 Å². The number of carbonyl (C=O) groups excluding carboxylic acids is 2. The molecule has 122 valence electrons. The molecule has 2 N–H and O–H groups in total. The predicted octanol–water partition coefficient (Wildman–Crippen LogP) is 2.80. The maximum absolute atomic E-state index is 13.4. The third-order valence-electron chi connectivity index (χ3n) is 3.81. The molecule has 0 aromatic heterocycles. The van der Waals surface area contributed by atoms with Crippen LogP contribution in [0.3, 0.4) is 0 Å². The Morgan fingerprint density at radius 3 is 2.54 bits per heavy atom. The first-order valence-corrected chi connectivity index (χ1v) is 7.21. The Kier molecular flexibility index (Phi) is 3.81. The summed E-state index contributed by atoms with van der Waals surface area (Å²) >= 11 is 0. The lowest BCUT2D eigenvalue weighted by molar-refractivity contribution is -0.131. The van der Waals surface area contributed by atoms with E-state index in [1.54, 1.807) is 30.3 Å². The van der Waals surface area contributed by atoms with Crippen LogP contribution in [0, 0.1) is 5.82 Å². The summed E-state index contributed by atoms with van der Waals surface area (Å²) in [5.74, 6) is -2.87. The van der Waals surface area contributed by atoms with Crippen LogP contribution in [0.4, 0.5) is 4.39 Å². The van der Waals surface area contributed by atoms with E-state index in [0.717, 1.165) is 6.07 Å². The van der Waals surface area contributed by atoms with E-state index in [4.69, 9.17) is 4.74 Å².